The normalized spacial score (nSPS) is 10.4. The Morgan fingerprint density at radius 3 is 2.36 bits per heavy atom. The summed E-state index contributed by atoms with van der Waals surface area (Å²) < 4.78 is 1.48. The predicted octanol–water partition coefficient (Wildman–Crippen LogP) is 3.02. The van der Waals surface area contributed by atoms with Gasteiger partial charge in [0.15, 0.2) is 0 Å². The van der Waals surface area contributed by atoms with E-state index in [4.69, 9.17) is 11.6 Å². The molecule has 0 bridgehead atoms. The third-order valence-corrected chi connectivity index (χ3v) is 4.40. The lowest BCUT2D eigenvalue weighted by Crippen LogP contribution is -2.44. The highest BCUT2D eigenvalue weighted by atomic mass is 35.5. The second kappa shape index (κ2) is 8.58. The van der Waals surface area contributed by atoms with E-state index < -0.39 is 11.8 Å². The number of nitrogens with zero attached hydrogens (tertiary/aromatic N) is 2. The van der Waals surface area contributed by atoms with E-state index in [1.54, 1.807) is 6.92 Å². The lowest BCUT2D eigenvalue weighted by Gasteiger charge is -2.09. The van der Waals surface area contributed by atoms with E-state index in [0.717, 1.165) is 16.9 Å². The van der Waals surface area contributed by atoms with E-state index in [-0.39, 0.29) is 17.3 Å². The van der Waals surface area contributed by atoms with Crippen LogP contribution in [-0.4, -0.2) is 28.1 Å². The minimum absolute atomic E-state index is 0.0132. The number of aromatic nitrogens is 2. The van der Waals surface area contributed by atoms with Crippen molar-refractivity contribution < 1.29 is 9.59 Å². The molecular formula is C20H20ClN5O2. The highest BCUT2D eigenvalue weighted by molar-refractivity contribution is 6.33. The topological polar surface area (TPSA) is 88.1 Å². The van der Waals surface area contributed by atoms with Gasteiger partial charge in [-0.2, -0.15) is 5.10 Å². The van der Waals surface area contributed by atoms with Crippen LogP contribution in [0.3, 0.4) is 0 Å². The van der Waals surface area contributed by atoms with E-state index >= 15 is 0 Å². The second-order valence-corrected chi connectivity index (χ2v) is 6.58. The molecule has 0 aliphatic rings. The summed E-state index contributed by atoms with van der Waals surface area (Å²) in [5.41, 5.74) is 8.09. The van der Waals surface area contributed by atoms with Crippen molar-refractivity contribution in [2.24, 2.45) is 0 Å². The number of hydrogen-bond acceptors (Lipinski definition) is 4. The third-order valence-electron chi connectivity index (χ3n) is 4.05. The molecule has 0 aliphatic heterocycles. The summed E-state index contributed by atoms with van der Waals surface area (Å²) >= 11 is 6.34. The molecule has 3 N–H and O–H groups in total. The molecule has 0 fully saturated rings. The highest BCUT2D eigenvalue weighted by Crippen LogP contribution is 2.23. The monoisotopic (exact) mass is 397 g/mol. The van der Waals surface area contributed by atoms with Gasteiger partial charge in [0.1, 0.15) is 10.7 Å². The maximum Gasteiger partial charge on any atom is 0.274 e. The summed E-state index contributed by atoms with van der Waals surface area (Å²) in [6, 6.07) is 16.9. The number of para-hydroxylation sites is 1. The molecule has 0 spiro atoms. The van der Waals surface area contributed by atoms with Crippen molar-refractivity contribution >= 4 is 29.1 Å². The number of benzene rings is 2. The smallest absolute Gasteiger partial charge is 0.274 e. The average Bonchev–Trinajstić information content (AvgIpc) is 3.00. The van der Waals surface area contributed by atoms with Gasteiger partial charge in [-0.1, -0.05) is 47.5 Å². The molecule has 8 heteroatoms. The first kappa shape index (κ1) is 19.4. The van der Waals surface area contributed by atoms with E-state index in [1.165, 1.54) is 4.68 Å². The molecule has 0 unspecified atom stereocenters. The number of halogens is 1. The number of aryl methyl sites for hydroxylation is 2. The SMILES string of the molecule is Cc1ccc(NCC(=O)NNC(=O)c2c(C)nn(-c3ccccc3)c2Cl)cc1. The Morgan fingerprint density at radius 1 is 1.00 bits per heavy atom. The van der Waals surface area contributed by atoms with E-state index in [2.05, 4.69) is 21.3 Å². The molecule has 28 heavy (non-hydrogen) atoms. The Morgan fingerprint density at radius 2 is 1.68 bits per heavy atom. The summed E-state index contributed by atoms with van der Waals surface area (Å²) in [6.45, 7) is 3.68. The molecule has 2 amide bonds. The van der Waals surface area contributed by atoms with Crippen molar-refractivity contribution in [3.05, 3.63) is 76.6 Å². The number of carbonyl (C=O) groups excluding carboxylic acids is 2. The van der Waals surface area contributed by atoms with Crippen molar-refractivity contribution in [1.29, 1.82) is 0 Å². The number of amides is 2. The summed E-state index contributed by atoms with van der Waals surface area (Å²) in [5.74, 6) is -0.925. The molecule has 3 rings (SSSR count). The molecule has 144 valence electrons. The molecule has 0 saturated carbocycles. The van der Waals surface area contributed by atoms with E-state index in [1.807, 2.05) is 61.5 Å². The van der Waals surface area contributed by atoms with Crippen LogP contribution < -0.4 is 16.2 Å². The number of rotatable bonds is 5. The van der Waals surface area contributed by atoms with E-state index in [0.29, 0.717) is 5.69 Å². The molecule has 2 aromatic carbocycles. The second-order valence-electron chi connectivity index (χ2n) is 6.22. The summed E-state index contributed by atoms with van der Waals surface area (Å²) in [5, 5.41) is 7.46. The molecule has 7 nitrogen and oxygen atoms in total. The van der Waals surface area contributed by atoms with Crippen LogP contribution >= 0.6 is 11.6 Å². The molecule has 1 aromatic heterocycles. The number of carbonyl (C=O) groups is 2. The number of anilines is 1. The van der Waals surface area contributed by atoms with Gasteiger partial charge in [-0.3, -0.25) is 20.4 Å². The zero-order chi connectivity index (χ0) is 20.1. The van der Waals surface area contributed by atoms with Crippen LogP contribution in [0.25, 0.3) is 5.69 Å². The Balaban J connectivity index is 1.59. The molecule has 0 saturated heterocycles. The van der Waals surface area contributed by atoms with Crippen molar-refractivity contribution in [2.45, 2.75) is 13.8 Å². The Bertz CT molecular complexity index is 984. The fourth-order valence-corrected chi connectivity index (χ4v) is 2.94. The zero-order valence-electron chi connectivity index (χ0n) is 15.5. The lowest BCUT2D eigenvalue weighted by atomic mass is 10.2. The maximum absolute atomic E-state index is 12.5. The lowest BCUT2D eigenvalue weighted by molar-refractivity contribution is -0.120. The van der Waals surface area contributed by atoms with Gasteiger partial charge in [-0.05, 0) is 38.1 Å². The van der Waals surface area contributed by atoms with Gasteiger partial charge in [-0.25, -0.2) is 4.68 Å². The van der Waals surface area contributed by atoms with Gasteiger partial charge < -0.3 is 5.32 Å². The van der Waals surface area contributed by atoms with Gasteiger partial charge in [0.05, 0.1) is 17.9 Å². The van der Waals surface area contributed by atoms with Crippen molar-refractivity contribution in [3.63, 3.8) is 0 Å². The molecule has 0 aliphatic carbocycles. The quantitative estimate of drug-likeness (QED) is 0.577. The zero-order valence-corrected chi connectivity index (χ0v) is 16.2. The van der Waals surface area contributed by atoms with E-state index in [9.17, 15) is 9.59 Å². The van der Waals surface area contributed by atoms with Crippen LogP contribution in [0.2, 0.25) is 5.15 Å². The first-order chi connectivity index (χ1) is 13.5. The number of nitrogens with one attached hydrogen (secondary N) is 3. The molecular weight excluding hydrogens is 378 g/mol. The first-order valence-electron chi connectivity index (χ1n) is 8.66. The average molecular weight is 398 g/mol. The van der Waals surface area contributed by atoms with Crippen molar-refractivity contribution in [1.82, 2.24) is 20.6 Å². The molecule has 1 heterocycles. The molecule has 0 radical (unpaired) electrons. The standard InChI is InChI=1S/C20H20ClN5O2/c1-13-8-10-15(11-9-13)22-12-17(27)23-24-20(28)18-14(2)25-26(19(18)21)16-6-4-3-5-7-16/h3-11,22H,12H2,1-2H3,(H,23,27)(H,24,28). The van der Waals surface area contributed by atoms with Gasteiger partial charge in [0.25, 0.3) is 11.8 Å². The van der Waals surface area contributed by atoms with Crippen molar-refractivity contribution in [2.75, 3.05) is 11.9 Å². The number of hydrazine groups is 1. The fourth-order valence-electron chi connectivity index (χ4n) is 2.58. The van der Waals surface area contributed by atoms with Crippen LogP contribution in [0.15, 0.2) is 54.6 Å². The predicted molar refractivity (Wildman–Crippen MR) is 109 cm³/mol. The van der Waals surface area contributed by atoms with Gasteiger partial charge in [0.2, 0.25) is 0 Å². The maximum atomic E-state index is 12.5. The summed E-state index contributed by atoms with van der Waals surface area (Å²) in [7, 11) is 0. The summed E-state index contributed by atoms with van der Waals surface area (Å²) in [6.07, 6.45) is 0. The van der Waals surface area contributed by atoms with Gasteiger partial charge in [-0.15, -0.1) is 0 Å². The minimum Gasteiger partial charge on any atom is -0.376 e. The van der Waals surface area contributed by atoms with Crippen molar-refractivity contribution in [3.8, 4) is 5.69 Å². The minimum atomic E-state index is -0.534. The number of hydrogen-bond donors (Lipinski definition) is 3. The van der Waals surface area contributed by atoms with Gasteiger partial charge >= 0.3 is 0 Å². The van der Waals surface area contributed by atoms with Crippen LogP contribution in [0.4, 0.5) is 5.69 Å². The van der Waals surface area contributed by atoms with Crippen LogP contribution in [-0.2, 0) is 4.79 Å². The first-order valence-corrected chi connectivity index (χ1v) is 9.04. The van der Waals surface area contributed by atoms with Crippen LogP contribution in [0, 0.1) is 13.8 Å². The van der Waals surface area contributed by atoms with Gasteiger partial charge in [0, 0.05) is 5.69 Å². The molecule has 0 atom stereocenters. The Hall–Kier alpha value is -3.32. The largest absolute Gasteiger partial charge is 0.376 e. The van der Waals surface area contributed by atoms with Crippen LogP contribution in [0.1, 0.15) is 21.6 Å². The Labute approximate surface area is 167 Å². The Kier molecular flexibility index (Phi) is 5.96. The highest BCUT2D eigenvalue weighted by Gasteiger charge is 2.21. The fraction of sp³-hybridized carbons (Fsp3) is 0.150. The third kappa shape index (κ3) is 4.50. The van der Waals surface area contributed by atoms with Crippen LogP contribution in [0.5, 0.6) is 0 Å². The molecule has 3 aromatic rings. The summed E-state index contributed by atoms with van der Waals surface area (Å²) in [4.78, 5) is 24.4.